The van der Waals surface area contributed by atoms with Gasteiger partial charge in [0.15, 0.2) is 5.65 Å². The molecule has 0 spiro atoms. The average Bonchev–Trinajstić information content (AvgIpc) is 3.51. The van der Waals surface area contributed by atoms with Crippen LogP contribution in [0, 0.1) is 0 Å². The van der Waals surface area contributed by atoms with Gasteiger partial charge in [0, 0.05) is 0 Å². The summed E-state index contributed by atoms with van der Waals surface area (Å²) in [5.74, 6) is 0.639. The van der Waals surface area contributed by atoms with E-state index in [4.69, 9.17) is 15.6 Å². The molecule has 4 aromatic rings. The summed E-state index contributed by atoms with van der Waals surface area (Å²) in [6.07, 6.45) is 9.21. The summed E-state index contributed by atoms with van der Waals surface area (Å²) in [6.45, 7) is 0.229. The maximum absolute atomic E-state index is 12.5. The molecule has 3 N–H and O–H groups in total. The summed E-state index contributed by atoms with van der Waals surface area (Å²) in [4.78, 5) is 30.1. The number of nitrogens with zero attached hydrogens (tertiary/aromatic N) is 6. The van der Waals surface area contributed by atoms with Crippen LogP contribution in [0.25, 0.3) is 22.4 Å². The largest absolute Gasteiger partial charge is 0.496 e. The number of fused-ring (bicyclic) bond motifs is 1. The third-order valence-corrected chi connectivity index (χ3v) is 5.92. The second-order valence-corrected chi connectivity index (χ2v) is 7.96. The molecule has 1 aromatic carbocycles. The molecule has 0 unspecified atom stereocenters. The van der Waals surface area contributed by atoms with Crippen LogP contribution in [0.15, 0.2) is 43.0 Å². The number of nitrogen functional groups attached to an aromatic ring is 1. The molecular formula is C23H24N8O2. The summed E-state index contributed by atoms with van der Waals surface area (Å²) in [7, 11) is 1.53. The van der Waals surface area contributed by atoms with E-state index in [0.29, 0.717) is 45.6 Å². The van der Waals surface area contributed by atoms with Crippen molar-refractivity contribution in [2.45, 2.75) is 38.3 Å². The predicted octanol–water partition coefficient (Wildman–Crippen LogP) is 2.92. The summed E-state index contributed by atoms with van der Waals surface area (Å²) in [5, 5.41) is 8.35. The average molecular weight is 444 g/mol. The van der Waals surface area contributed by atoms with Gasteiger partial charge in [-0.1, -0.05) is 25.0 Å². The highest BCUT2D eigenvalue weighted by molar-refractivity contribution is 5.98. The van der Waals surface area contributed by atoms with Gasteiger partial charge in [0.2, 0.25) is 0 Å². The zero-order valence-corrected chi connectivity index (χ0v) is 18.2. The standard InChI is InChI=1S/C23H24N8O2/c1-33-18-9-5-4-8-16(18)23(32)27-11-14-10-26-17(12-25-14)20-19-21(24)28-13-29-22(19)31(30-20)15-6-2-3-7-15/h4-5,8-10,12-13,15H,2-3,6-7,11H2,1H3,(H,27,32)(H2,24,28,29). The first-order valence-corrected chi connectivity index (χ1v) is 10.9. The lowest BCUT2D eigenvalue weighted by Crippen LogP contribution is -2.23. The highest BCUT2D eigenvalue weighted by Gasteiger charge is 2.25. The van der Waals surface area contributed by atoms with Crippen molar-refractivity contribution in [3.63, 3.8) is 0 Å². The van der Waals surface area contributed by atoms with E-state index in [2.05, 4.69) is 25.3 Å². The second kappa shape index (κ2) is 8.81. The number of benzene rings is 1. The van der Waals surface area contributed by atoms with Gasteiger partial charge in [-0.25, -0.2) is 14.6 Å². The van der Waals surface area contributed by atoms with Crippen molar-refractivity contribution in [3.8, 4) is 17.1 Å². The number of methoxy groups -OCH3 is 1. The zero-order chi connectivity index (χ0) is 22.8. The van der Waals surface area contributed by atoms with Crippen molar-refractivity contribution in [3.05, 3.63) is 54.2 Å². The Bertz CT molecular complexity index is 1300. The Morgan fingerprint density at radius 1 is 1.15 bits per heavy atom. The number of hydrogen-bond donors (Lipinski definition) is 2. The number of amides is 1. The van der Waals surface area contributed by atoms with Crippen LogP contribution in [0.5, 0.6) is 5.75 Å². The van der Waals surface area contributed by atoms with Gasteiger partial charge in [-0.05, 0) is 25.0 Å². The molecular weight excluding hydrogens is 420 g/mol. The highest BCUT2D eigenvalue weighted by Crippen LogP contribution is 2.35. The summed E-state index contributed by atoms with van der Waals surface area (Å²) in [5.41, 5.74) is 9.19. The van der Waals surface area contributed by atoms with Gasteiger partial charge in [-0.3, -0.25) is 14.8 Å². The van der Waals surface area contributed by atoms with E-state index in [1.54, 1.807) is 30.6 Å². The number of hydrogen-bond acceptors (Lipinski definition) is 8. The van der Waals surface area contributed by atoms with Crippen molar-refractivity contribution in [1.82, 2.24) is 35.0 Å². The van der Waals surface area contributed by atoms with Gasteiger partial charge >= 0.3 is 0 Å². The number of nitrogens with one attached hydrogen (secondary N) is 1. The van der Waals surface area contributed by atoms with E-state index >= 15 is 0 Å². The number of carbonyl (C=O) groups is 1. The maximum Gasteiger partial charge on any atom is 0.255 e. The fourth-order valence-electron chi connectivity index (χ4n) is 4.24. The highest BCUT2D eigenvalue weighted by atomic mass is 16.5. The molecule has 168 valence electrons. The van der Waals surface area contributed by atoms with E-state index in [9.17, 15) is 4.79 Å². The third kappa shape index (κ3) is 3.95. The Hall–Kier alpha value is -4.08. The molecule has 5 rings (SSSR count). The molecule has 3 heterocycles. The fourth-order valence-corrected chi connectivity index (χ4v) is 4.24. The van der Waals surface area contributed by atoms with Crippen LogP contribution in [0.3, 0.4) is 0 Å². The first-order valence-electron chi connectivity index (χ1n) is 10.9. The Morgan fingerprint density at radius 2 is 1.97 bits per heavy atom. The van der Waals surface area contributed by atoms with Gasteiger partial charge in [0.05, 0.1) is 48.7 Å². The molecule has 1 aliphatic rings. The predicted molar refractivity (Wildman–Crippen MR) is 122 cm³/mol. The van der Waals surface area contributed by atoms with E-state index < -0.39 is 0 Å². The molecule has 1 amide bonds. The Balaban J connectivity index is 1.38. The number of para-hydroxylation sites is 1. The smallest absolute Gasteiger partial charge is 0.255 e. The molecule has 1 aliphatic carbocycles. The molecule has 10 heteroatoms. The molecule has 1 saturated carbocycles. The first kappa shape index (κ1) is 20.8. The Kier molecular flexibility index (Phi) is 5.55. The van der Waals surface area contributed by atoms with Crippen molar-refractivity contribution in [2.24, 2.45) is 0 Å². The molecule has 0 atom stereocenters. The summed E-state index contributed by atoms with van der Waals surface area (Å²) < 4.78 is 7.21. The van der Waals surface area contributed by atoms with Crippen molar-refractivity contribution >= 4 is 22.8 Å². The SMILES string of the molecule is COc1ccccc1C(=O)NCc1cnc(-c2nn(C3CCCC3)c3ncnc(N)c23)cn1. The van der Waals surface area contributed by atoms with Crippen LogP contribution < -0.4 is 15.8 Å². The van der Waals surface area contributed by atoms with Crippen LogP contribution in [-0.4, -0.2) is 42.7 Å². The molecule has 0 aliphatic heterocycles. The van der Waals surface area contributed by atoms with Crippen LogP contribution in [0.4, 0.5) is 5.82 Å². The van der Waals surface area contributed by atoms with Crippen LogP contribution >= 0.6 is 0 Å². The minimum atomic E-state index is -0.246. The van der Waals surface area contributed by atoms with Crippen molar-refractivity contribution in [2.75, 3.05) is 12.8 Å². The number of carbonyl (C=O) groups excluding carboxylic acids is 1. The van der Waals surface area contributed by atoms with Gasteiger partial charge in [-0.15, -0.1) is 0 Å². The molecule has 10 nitrogen and oxygen atoms in total. The van der Waals surface area contributed by atoms with Crippen LogP contribution in [0.2, 0.25) is 0 Å². The normalized spacial score (nSPS) is 14.0. The lowest BCUT2D eigenvalue weighted by Gasteiger charge is -2.10. The van der Waals surface area contributed by atoms with Crippen molar-refractivity contribution in [1.29, 1.82) is 0 Å². The lowest BCUT2D eigenvalue weighted by molar-refractivity contribution is 0.0947. The minimum absolute atomic E-state index is 0.229. The molecule has 0 radical (unpaired) electrons. The van der Waals surface area contributed by atoms with E-state index in [1.165, 1.54) is 26.3 Å². The number of aromatic nitrogens is 6. The number of ether oxygens (including phenoxy) is 1. The number of anilines is 1. The molecule has 0 bridgehead atoms. The Morgan fingerprint density at radius 3 is 2.73 bits per heavy atom. The van der Waals surface area contributed by atoms with Gasteiger partial charge in [-0.2, -0.15) is 5.10 Å². The summed E-state index contributed by atoms with van der Waals surface area (Å²) in [6, 6.07) is 7.36. The summed E-state index contributed by atoms with van der Waals surface area (Å²) >= 11 is 0. The van der Waals surface area contributed by atoms with Crippen molar-refractivity contribution < 1.29 is 9.53 Å². The van der Waals surface area contributed by atoms with E-state index in [0.717, 1.165) is 18.5 Å². The van der Waals surface area contributed by atoms with Gasteiger partial charge < -0.3 is 15.8 Å². The van der Waals surface area contributed by atoms with Gasteiger partial charge in [0.25, 0.3) is 5.91 Å². The lowest BCUT2D eigenvalue weighted by atomic mass is 10.2. The van der Waals surface area contributed by atoms with Gasteiger partial charge in [0.1, 0.15) is 29.3 Å². The monoisotopic (exact) mass is 444 g/mol. The first-order chi connectivity index (χ1) is 16.2. The topological polar surface area (TPSA) is 134 Å². The van der Waals surface area contributed by atoms with Crippen LogP contribution in [0.1, 0.15) is 47.8 Å². The minimum Gasteiger partial charge on any atom is -0.496 e. The number of nitrogens with two attached hydrogens (primary N) is 1. The third-order valence-electron chi connectivity index (χ3n) is 5.92. The van der Waals surface area contributed by atoms with E-state index in [-0.39, 0.29) is 12.5 Å². The molecule has 1 fully saturated rings. The zero-order valence-electron chi connectivity index (χ0n) is 18.2. The maximum atomic E-state index is 12.5. The second-order valence-electron chi connectivity index (χ2n) is 7.96. The molecule has 33 heavy (non-hydrogen) atoms. The number of rotatable bonds is 6. The molecule has 0 saturated heterocycles. The Labute approximate surface area is 190 Å². The van der Waals surface area contributed by atoms with E-state index in [1.807, 2.05) is 10.7 Å². The quantitative estimate of drug-likeness (QED) is 0.464. The fraction of sp³-hybridized carbons (Fsp3) is 0.304. The molecule has 3 aromatic heterocycles. The van der Waals surface area contributed by atoms with Crippen LogP contribution in [-0.2, 0) is 6.54 Å².